The summed E-state index contributed by atoms with van der Waals surface area (Å²) in [5, 5.41) is 13.8. The van der Waals surface area contributed by atoms with E-state index in [1.807, 2.05) is 29.3 Å². The molecule has 0 aliphatic carbocycles. The summed E-state index contributed by atoms with van der Waals surface area (Å²) in [5.41, 5.74) is 0.611. The lowest BCUT2D eigenvalue weighted by Gasteiger charge is -2.42. The van der Waals surface area contributed by atoms with Crippen molar-refractivity contribution in [3.05, 3.63) is 58.6 Å². The molecule has 2 amide bonds. The van der Waals surface area contributed by atoms with Crippen LogP contribution in [0.1, 0.15) is 51.6 Å². The molecule has 0 spiro atoms. The molecule has 2 aliphatic heterocycles. The molecule has 1 atom stereocenters. The van der Waals surface area contributed by atoms with Crippen LogP contribution in [0.15, 0.2) is 53.0 Å². The fraction of sp³-hybridized carbons (Fsp3) is 0.517. The molecule has 2 heterocycles. The zero-order valence-corrected chi connectivity index (χ0v) is 24.4. The minimum absolute atomic E-state index is 0.300. The molecule has 2 fully saturated rings. The van der Waals surface area contributed by atoms with Gasteiger partial charge in [0.1, 0.15) is 24.6 Å². The topological polar surface area (TPSA) is 76.6 Å². The molecule has 2 aromatic rings. The van der Waals surface area contributed by atoms with E-state index in [1.165, 1.54) is 4.90 Å². The number of nitrogens with zero attached hydrogens (tertiary/aromatic N) is 4. The maximum absolute atomic E-state index is 14.2. The van der Waals surface area contributed by atoms with Gasteiger partial charge in [0.2, 0.25) is 0 Å². The van der Waals surface area contributed by atoms with Gasteiger partial charge in [0.15, 0.2) is 0 Å². The molecule has 2 saturated heterocycles. The van der Waals surface area contributed by atoms with Gasteiger partial charge in [-0.25, -0.2) is 9.18 Å². The Morgan fingerprint density at radius 2 is 1.74 bits per heavy atom. The molecule has 0 radical (unpaired) electrons. The number of para-hydroxylation sites is 1. The van der Waals surface area contributed by atoms with Gasteiger partial charge in [0.25, 0.3) is 5.91 Å². The number of halogens is 2. The van der Waals surface area contributed by atoms with Crippen LogP contribution in [0, 0.1) is 0 Å². The summed E-state index contributed by atoms with van der Waals surface area (Å²) in [5.74, 6) is 0.337. The van der Waals surface area contributed by atoms with Crippen LogP contribution in [0.4, 0.5) is 14.9 Å². The summed E-state index contributed by atoms with van der Waals surface area (Å²) in [6.07, 6.45) is 0.0370. The van der Waals surface area contributed by atoms with Crippen molar-refractivity contribution in [2.45, 2.75) is 57.8 Å². The Hall–Kier alpha value is -2.85. The number of carbonyl (C=O) groups is 2. The van der Waals surface area contributed by atoms with Crippen LogP contribution in [-0.4, -0.2) is 83.0 Å². The molecule has 10 heteroatoms. The third-order valence-electron chi connectivity index (χ3n) is 7.23. The highest BCUT2D eigenvalue weighted by Crippen LogP contribution is 2.35. The summed E-state index contributed by atoms with van der Waals surface area (Å²) in [6.45, 7) is 9.17. The van der Waals surface area contributed by atoms with Crippen LogP contribution in [-0.2, 0) is 4.79 Å². The third-order valence-corrected chi connectivity index (χ3v) is 7.90. The number of hydrogen-bond acceptors (Lipinski definition) is 5. The predicted octanol–water partition coefficient (Wildman–Crippen LogP) is 5.74. The van der Waals surface area contributed by atoms with Crippen molar-refractivity contribution < 1.29 is 23.8 Å². The van der Waals surface area contributed by atoms with Crippen molar-refractivity contribution in [1.82, 2.24) is 14.8 Å². The number of carboxylic acid groups (broad SMARTS) is 1. The van der Waals surface area contributed by atoms with Gasteiger partial charge in [-0.1, -0.05) is 24.3 Å². The van der Waals surface area contributed by atoms with Crippen molar-refractivity contribution >= 4 is 33.6 Å². The standard InChI is InChI=1S/C29H38BrFN4O4/c1-29(2,3)35(28(37)38)26(27(36)34-16-6-15-33(34)25-8-5-4-7-24(25)30)21-9-11-23(12-10-21)39-20-19-32-17-13-22(31)14-18-32/h4-5,7-12,22,26H,6,13-20H2,1-3H3,(H,37,38)/t26-/m0/s1. The van der Waals surface area contributed by atoms with E-state index in [9.17, 15) is 19.1 Å². The number of likely N-dealkylation sites (tertiary alicyclic amines) is 1. The lowest BCUT2D eigenvalue weighted by Crippen LogP contribution is -2.54. The number of rotatable bonds is 8. The van der Waals surface area contributed by atoms with Crippen LogP contribution >= 0.6 is 15.9 Å². The number of alkyl halides is 1. The molecule has 0 bridgehead atoms. The van der Waals surface area contributed by atoms with Crippen molar-refractivity contribution in [2.75, 3.05) is 44.3 Å². The van der Waals surface area contributed by atoms with Gasteiger partial charge in [-0.2, -0.15) is 0 Å². The Bertz CT molecular complexity index is 1130. The van der Waals surface area contributed by atoms with Gasteiger partial charge in [-0.05, 0) is 85.8 Å². The number of ether oxygens (including phenoxy) is 1. The molecule has 212 valence electrons. The zero-order chi connectivity index (χ0) is 28.2. The molecule has 1 N–H and O–H groups in total. The first-order valence-electron chi connectivity index (χ1n) is 13.5. The predicted molar refractivity (Wildman–Crippen MR) is 153 cm³/mol. The van der Waals surface area contributed by atoms with Crippen LogP contribution in [0.5, 0.6) is 5.75 Å². The number of hydrogen-bond donors (Lipinski definition) is 1. The highest BCUT2D eigenvalue weighted by molar-refractivity contribution is 9.10. The Labute approximate surface area is 238 Å². The zero-order valence-electron chi connectivity index (χ0n) is 22.9. The third kappa shape index (κ3) is 7.03. The van der Waals surface area contributed by atoms with Gasteiger partial charge >= 0.3 is 6.09 Å². The van der Waals surface area contributed by atoms with Crippen molar-refractivity contribution in [3.8, 4) is 5.75 Å². The van der Waals surface area contributed by atoms with E-state index in [2.05, 4.69) is 20.8 Å². The molecule has 2 aromatic carbocycles. The molecule has 0 unspecified atom stereocenters. The average molecular weight is 606 g/mol. The molecule has 4 rings (SSSR count). The summed E-state index contributed by atoms with van der Waals surface area (Å²) < 4.78 is 20.2. The largest absolute Gasteiger partial charge is 0.492 e. The Morgan fingerprint density at radius 1 is 1.08 bits per heavy atom. The van der Waals surface area contributed by atoms with Crippen LogP contribution in [0.2, 0.25) is 0 Å². The van der Waals surface area contributed by atoms with Gasteiger partial charge in [-0.3, -0.25) is 24.6 Å². The summed E-state index contributed by atoms with van der Waals surface area (Å²) in [4.78, 5) is 30.2. The fourth-order valence-corrected chi connectivity index (χ4v) is 5.73. The summed E-state index contributed by atoms with van der Waals surface area (Å²) >= 11 is 3.59. The van der Waals surface area contributed by atoms with Crippen molar-refractivity contribution in [3.63, 3.8) is 0 Å². The first-order valence-corrected chi connectivity index (χ1v) is 14.3. The van der Waals surface area contributed by atoms with Gasteiger partial charge in [-0.15, -0.1) is 0 Å². The first kappa shape index (κ1) is 29.1. The van der Waals surface area contributed by atoms with Gasteiger partial charge in [0, 0.05) is 42.7 Å². The molecule has 8 nitrogen and oxygen atoms in total. The Kier molecular flexibility index (Phi) is 9.38. The number of amides is 2. The van der Waals surface area contributed by atoms with E-state index < -0.39 is 23.8 Å². The van der Waals surface area contributed by atoms with E-state index >= 15 is 0 Å². The minimum atomic E-state index is -1.16. The smallest absolute Gasteiger partial charge is 0.408 e. The molecule has 0 saturated carbocycles. The van der Waals surface area contributed by atoms with E-state index in [0.717, 1.165) is 29.7 Å². The Balaban J connectivity index is 1.55. The first-order chi connectivity index (χ1) is 18.6. The fourth-order valence-electron chi connectivity index (χ4n) is 5.24. The average Bonchev–Trinajstić information content (AvgIpc) is 3.37. The number of carbonyl (C=O) groups excluding carboxylic acids is 1. The Morgan fingerprint density at radius 3 is 2.36 bits per heavy atom. The lowest BCUT2D eigenvalue weighted by atomic mass is 9.97. The van der Waals surface area contributed by atoms with Gasteiger partial charge < -0.3 is 9.84 Å². The molecular weight excluding hydrogens is 567 g/mol. The molecule has 39 heavy (non-hydrogen) atoms. The van der Waals surface area contributed by atoms with Crippen LogP contribution in [0.3, 0.4) is 0 Å². The molecule has 0 aromatic heterocycles. The van der Waals surface area contributed by atoms with E-state index in [-0.39, 0.29) is 5.91 Å². The maximum atomic E-state index is 14.2. The minimum Gasteiger partial charge on any atom is -0.492 e. The SMILES string of the molecule is CC(C)(C)N(C(=O)O)[C@H](C(=O)N1CCCN1c1ccccc1Br)c1ccc(OCCN2CCC(F)CC2)cc1. The number of piperidine rings is 1. The number of anilines is 1. The molecule has 2 aliphatic rings. The number of benzene rings is 2. The van der Waals surface area contributed by atoms with Gasteiger partial charge in [0.05, 0.1) is 5.69 Å². The van der Waals surface area contributed by atoms with E-state index in [0.29, 0.717) is 50.4 Å². The highest BCUT2D eigenvalue weighted by Gasteiger charge is 2.43. The monoisotopic (exact) mass is 604 g/mol. The second-order valence-electron chi connectivity index (χ2n) is 11.0. The van der Waals surface area contributed by atoms with E-state index in [1.54, 1.807) is 50.0 Å². The quantitative estimate of drug-likeness (QED) is 0.414. The van der Waals surface area contributed by atoms with E-state index in [4.69, 9.17) is 4.74 Å². The molecular formula is C29H38BrFN4O4. The van der Waals surface area contributed by atoms with Crippen molar-refractivity contribution in [2.24, 2.45) is 0 Å². The summed E-state index contributed by atoms with van der Waals surface area (Å²) in [6, 6.07) is 13.8. The second kappa shape index (κ2) is 12.6. The normalized spacial score (nSPS) is 17.8. The second-order valence-corrected chi connectivity index (χ2v) is 11.9. The lowest BCUT2D eigenvalue weighted by molar-refractivity contribution is -0.138. The number of hydrazine groups is 1. The maximum Gasteiger partial charge on any atom is 0.408 e. The highest BCUT2D eigenvalue weighted by atomic mass is 79.9. The summed E-state index contributed by atoms with van der Waals surface area (Å²) in [7, 11) is 0. The van der Waals surface area contributed by atoms with Crippen LogP contribution in [0.25, 0.3) is 0 Å². The van der Waals surface area contributed by atoms with Crippen molar-refractivity contribution in [1.29, 1.82) is 0 Å². The van der Waals surface area contributed by atoms with Crippen LogP contribution < -0.4 is 9.75 Å².